The number of ether oxygens (including phenoxy) is 1. The van der Waals surface area contributed by atoms with E-state index in [1.165, 1.54) is 5.56 Å². The Morgan fingerprint density at radius 1 is 1.30 bits per heavy atom. The lowest BCUT2D eigenvalue weighted by Crippen LogP contribution is -2.44. The maximum atomic E-state index is 11.6. The first-order valence-corrected chi connectivity index (χ1v) is 7.12. The largest absolute Gasteiger partial charge is 0.492 e. The number of amides is 1. The number of hydrogen-bond donors (Lipinski definition) is 2. The molecular formula is C16H24N2O2. The minimum absolute atomic E-state index is 0.0656. The smallest absolute Gasteiger partial charge is 0.240 e. The van der Waals surface area contributed by atoms with E-state index in [-0.39, 0.29) is 11.3 Å². The SMILES string of the molecule is CC(C)(C)c1ccc(OCCNC(=O)C2(N)CC2)cc1. The number of rotatable bonds is 5. The van der Waals surface area contributed by atoms with Gasteiger partial charge in [0.2, 0.25) is 5.91 Å². The van der Waals surface area contributed by atoms with Crippen molar-refractivity contribution < 1.29 is 9.53 Å². The Kier molecular flexibility index (Phi) is 4.04. The molecule has 0 aliphatic heterocycles. The summed E-state index contributed by atoms with van der Waals surface area (Å²) < 4.78 is 5.60. The Balaban J connectivity index is 1.73. The highest BCUT2D eigenvalue weighted by molar-refractivity contribution is 5.88. The van der Waals surface area contributed by atoms with Crippen LogP contribution < -0.4 is 15.8 Å². The van der Waals surface area contributed by atoms with Crippen LogP contribution in [0.4, 0.5) is 0 Å². The van der Waals surface area contributed by atoms with E-state index >= 15 is 0 Å². The van der Waals surface area contributed by atoms with Gasteiger partial charge in [0, 0.05) is 0 Å². The molecule has 1 aliphatic rings. The highest BCUT2D eigenvalue weighted by Crippen LogP contribution is 2.31. The van der Waals surface area contributed by atoms with Gasteiger partial charge in [0.1, 0.15) is 12.4 Å². The Morgan fingerprint density at radius 2 is 1.90 bits per heavy atom. The van der Waals surface area contributed by atoms with Crippen molar-refractivity contribution in [2.24, 2.45) is 5.73 Å². The molecule has 1 amide bonds. The predicted molar refractivity (Wildman–Crippen MR) is 79.8 cm³/mol. The minimum atomic E-state index is -0.603. The number of nitrogens with one attached hydrogen (secondary N) is 1. The number of carbonyl (C=O) groups is 1. The van der Waals surface area contributed by atoms with Crippen LogP contribution in [0.15, 0.2) is 24.3 Å². The Hall–Kier alpha value is -1.55. The topological polar surface area (TPSA) is 64.3 Å². The maximum absolute atomic E-state index is 11.6. The molecule has 1 aromatic rings. The van der Waals surface area contributed by atoms with Crippen molar-refractivity contribution >= 4 is 5.91 Å². The van der Waals surface area contributed by atoms with E-state index in [4.69, 9.17) is 10.5 Å². The molecule has 1 aliphatic carbocycles. The second-order valence-electron chi connectivity index (χ2n) is 6.53. The third-order valence-corrected chi connectivity index (χ3v) is 3.62. The zero-order valence-electron chi connectivity index (χ0n) is 12.5. The summed E-state index contributed by atoms with van der Waals surface area (Å²) in [5, 5.41) is 2.80. The lowest BCUT2D eigenvalue weighted by Gasteiger charge is -2.19. The van der Waals surface area contributed by atoms with Gasteiger partial charge in [-0.1, -0.05) is 32.9 Å². The monoisotopic (exact) mass is 276 g/mol. The second kappa shape index (κ2) is 5.44. The van der Waals surface area contributed by atoms with Crippen molar-refractivity contribution in [1.29, 1.82) is 0 Å². The maximum Gasteiger partial charge on any atom is 0.240 e. The minimum Gasteiger partial charge on any atom is -0.492 e. The molecule has 0 unspecified atom stereocenters. The van der Waals surface area contributed by atoms with Crippen LogP contribution >= 0.6 is 0 Å². The lowest BCUT2D eigenvalue weighted by atomic mass is 9.87. The van der Waals surface area contributed by atoms with Gasteiger partial charge in [-0.3, -0.25) is 4.79 Å². The summed E-state index contributed by atoms with van der Waals surface area (Å²) in [6, 6.07) is 8.08. The van der Waals surface area contributed by atoms with Crippen LogP contribution in [-0.2, 0) is 10.2 Å². The third kappa shape index (κ3) is 3.73. The fourth-order valence-electron chi connectivity index (χ4n) is 1.92. The summed E-state index contributed by atoms with van der Waals surface area (Å²) in [4.78, 5) is 11.6. The van der Waals surface area contributed by atoms with Crippen molar-refractivity contribution in [1.82, 2.24) is 5.32 Å². The number of nitrogens with two attached hydrogens (primary N) is 1. The molecule has 0 saturated heterocycles. The van der Waals surface area contributed by atoms with Crippen LogP contribution in [0, 0.1) is 0 Å². The predicted octanol–water partition coefficient (Wildman–Crippen LogP) is 1.97. The van der Waals surface area contributed by atoms with Crippen molar-refractivity contribution in [2.45, 2.75) is 44.6 Å². The van der Waals surface area contributed by atoms with E-state index in [2.05, 4.69) is 38.2 Å². The van der Waals surface area contributed by atoms with Gasteiger partial charge in [0.05, 0.1) is 12.1 Å². The highest BCUT2D eigenvalue weighted by Gasteiger charge is 2.45. The first-order valence-electron chi connectivity index (χ1n) is 7.12. The van der Waals surface area contributed by atoms with Gasteiger partial charge in [-0.05, 0) is 36.0 Å². The molecule has 1 aromatic carbocycles. The van der Waals surface area contributed by atoms with Crippen molar-refractivity contribution in [3.05, 3.63) is 29.8 Å². The lowest BCUT2D eigenvalue weighted by molar-refractivity contribution is -0.123. The fraction of sp³-hybridized carbons (Fsp3) is 0.562. The number of hydrogen-bond acceptors (Lipinski definition) is 3. The molecule has 4 heteroatoms. The van der Waals surface area contributed by atoms with Gasteiger partial charge in [0.15, 0.2) is 0 Å². The van der Waals surface area contributed by atoms with E-state index in [0.29, 0.717) is 13.2 Å². The van der Waals surface area contributed by atoms with Crippen LogP contribution in [0.3, 0.4) is 0 Å². The van der Waals surface area contributed by atoms with Crippen LogP contribution in [0.5, 0.6) is 5.75 Å². The Morgan fingerprint density at radius 3 is 2.40 bits per heavy atom. The summed E-state index contributed by atoms with van der Waals surface area (Å²) >= 11 is 0. The number of carbonyl (C=O) groups excluding carboxylic acids is 1. The molecule has 0 radical (unpaired) electrons. The quantitative estimate of drug-likeness (QED) is 0.808. The molecule has 110 valence electrons. The summed E-state index contributed by atoms with van der Waals surface area (Å²) in [6.07, 6.45) is 1.57. The van der Waals surface area contributed by atoms with Crippen LogP contribution in [0.25, 0.3) is 0 Å². The molecular weight excluding hydrogens is 252 g/mol. The average molecular weight is 276 g/mol. The van der Waals surface area contributed by atoms with Gasteiger partial charge < -0.3 is 15.8 Å². The van der Waals surface area contributed by atoms with Gasteiger partial charge in [-0.2, -0.15) is 0 Å². The fourth-order valence-corrected chi connectivity index (χ4v) is 1.92. The summed E-state index contributed by atoms with van der Waals surface area (Å²) in [6.45, 7) is 7.48. The van der Waals surface area contributed by atoms with Crippen molar-refractivity contribution in [2.75, 3.05) is 13.2 Å². The first-order chi connectivity index (χ1) is 9.31. The normalized spacial score (nSPS) is 16.6. The number of benzene rings is 1. The van der Waals surface area contributed by atoms with Crippen molar-refractivity contribution in [3.8, 4) is 5.75 Å². The van der Waals surface area contributed by atoms with E-state index < -0.39 is 5.54 Å². The molecule has 1 fully saturated rings. The van der Waals surface area contributed by atoms with E-state index in [1.807, 2.05) is 12.1 Å². The molecule has 0 aromatic heterocycles. The third-order valence-electron chi connectivity index (χ3n) is 3.62. The zero-order chi connectivity index (χ0) is 14.8. The average Bonchev–Trinajstić information content (AvgIpc) is 3.13. The standard InChI is InChI=1S/C16H24N2O2/c1-15(2,3)12-4-6-13(7-5-12)20-11-10-18-14(19)16(17)8-9-16/h4-7H,8-11,17H2,1-3H3,(H,18,19). The summed E-state index contributed by atoms with van der Waals surface area (Å²) in [5.74, 6) is 0.755. The first kappa shape index (κ1) is 14.9. The van der Waals surface area contributed by atoms with Gasteiger partial charge >= 0.3 is 0 Å². The van der Waals surface area contributed by atoms with Crippen LogP contribution in [0.1, 0.15) is 39.2 Å². The summed E-state index contributed by atoms with van der Waals surface area (Å²) in [5.41, 5.74) is 6.61. The van der Waals surface area contributed by atoms with Gasteiger partial charge in [-0.15, -0.1) is 0 Å². The Labute approximate surface area is 120 Å². The van der Waals surface area contributed by atoms with Crippen LogP contribution in [-0.4, -0.2) is 24.6 Å². The molecule has 3 N–H and O–H groups in total. The molecule has 4 nitrogen and oxygen atoms in total. The summed E-state index contributed by atoms with van der Waals surface area (Å²) in [7, 11) is 0. The van der Waals surface area contributed by atoms with E-state index in [0.717, 1.165) is 18.6 Å². The Bertz CT molecular complexity index is 470. The van der Waals surface area contributed by atoms with Gasteiger partial charge in [-0.25, -0.2) is 0 Å². The molecule has 2 rings (SSSR count). The molecule has 0 atom stereocenters. The molecule has 0 spiro atoms. The van der Waals surface area contributed by atoms with E-state index in [1.54, 1.807) is 0 Å². The molecule has 1 saturated carbocycles. The van der Waals surface area contributed by atoms with Crippen LogP contribution in [0.2, 0.25) is 0 Å². The molecule has 20 heavy (non-hydrogen) atoms. The van der Waals surface area contributed by atoms with Crippen molar-refractivity contribution in [3.63, 3.8) is 0 Å². The van der Waals surface area contributed by atoms with Gasteiger partial charge in [0.25, 0.3) is 0 Å². The second-order valence-corrected chi connectivity index (χ2v) is 6.53. The zero-order valence-corrected chi connectivity index (χ0v) is 12.5. The molecule has 0 bridgehead atoms. The molecule has 0 heterocycles. The highest BCUT2D eigenvalue weighted by atomic mass is 16.5. The van der Waals surface area contributed by atoms with E-state index in [9.17, 15) is 4.79 Å².